The average molecular weight is 807 g/mol. The Kier molecular flexibility index (Phi) is 9.25. The lowest BCUT2D eigenvalue weighted by molar-refractivity contribution is 0.879. The standard InChI is InChI=1S/C56H42N2S2/c1-3-5-18-37(17-4-2)57(39-29-31-55-49(33-39)45-25-13-15-27-53(45)59-55)51-35-47-42-22-10-12-24-44(42)52(36-48(47)41-21-9-11-23-43(41)51)58(38-19-7-6-8-20-38)40-30-32-56-50(34-40)46-26-14-16-28-54(46)60-56/h3-16,18-36,45,53H,2,17H2,1H3/b5-3-,37-18+. The molecule has 4 heteroatoms. The van der Waals surface area contributed by atoms with Crippen LogP contribution in [0.4, 0.5) is 28.4 Å². The molecule has 1 aromatic heterocycles. The summed E-state index contributed by atoms with van der Waals surface area (Å²) < 4.78 is 2.61. The van der Waals surface area contributed by atoms with Crippen molar-refractivity contribution in [2.24, 2.45) is 0 Å². The SMILES string of the molecule is C=CC/C(=C\C=C/C)N(c1ccc2c(c1)C1C=CC=CC1S2)c1cc2c3ccccc3c(N(c3ccccc3)c3ccc4sc5ccccc5c4c3)cc2c2ccccc12. The summed E-state index contributed by atoms with van der Waals surface area (Å²) in [7, 11) is 0. The van der Waals surface area contributed by atoms with Crippen molar-refractivity contribution in [1.82, 2.24) is 0 Å². The van der Waals surface area contributed by atoms with Crippen LogP contribution in [0.25, 0.3) is 52.5 Å². The van der Waals surface area contributed by atoms with Crippen molar-refractivity contribution >= 4 is 104 Å². The van der Waals surface area contributed by atoms with Gasteiger partial charge in [0.25, 0.3) is 0 Å². The van der Waals surface area contributed by atoms with Crippen LogP contribution in [-0.2, 0) is 0 Å². The minimum atomic E-state index is 0.363. The summed E-state index contributed by atoms with van der Waals surface area (Å²) in [5.74, 6) is 0.363. The van der Waals surface area contributed by atoms with Crippen LogP contribution in [0.5, 0.6) is 0 Å². The van der Waals surface area contributed by atoms with Crippen LogP contribution in [0.3, 0.4) is 0 Å². The van der Waals surface area contributed by atoms with Gasteiger partial charge in [-0.25, -0.2) is 0 Å². The molecule has 2 atom stereocenters. The molecular weight excluding hydrogens is 765 g/mol. The van der Waals surface area contributed by atoms with E-state index in [0.29, 0.717) is 17.6 Å². The molecular formula is C56H42N2S2. The highest BCUT2D eigenvalue weighted by Crippen LogP contribution is 2.52. The first-order valence-electron chi connectivity index (χ1n) is 20.7. The van der Waals surface area contributed by atoms with E-state index in [-0.39, 0.29) is 0 Å². The summed E-state index contributed by atoms with van der Waals surface area (Å²) in [6.07, 6.45) is 18.4. The van der Waals surface area contributed by atoms with Crippen molar-refractivity contribution in [3.05, 3.63) is 218 Å². The number of para-hydroxylation sites is 1. The smallest absolute Gasteiger partial charge is 0.0546 e. The number of rotatable bonds is 9. The monoisotopic (exact) mass is 806 g/mol. The summed E-state index contributed by atoms with van der Waals surface area (Å²) in [5, 5.41) is 10.3. The highest BCUT2D eigenvalue weighted by atomic mass is 32.2. The molecule has 2 heterocycles. The lowest BCUT2D eigenvalue weighted by atomic mass is 9.91. The molecule has 0 radical (unpaired) electrons. The third kappa shape index (κ3) is 6.09. The molecule has 0 saturated heterocycles. The molecule has 0 bridgehead atoms. The molecule has 0 spiro atoms. The Morgan fingerprint density at radius 2 is 1.23 bits per heavy atom. The first kappa shape index (κ1) is 36.5. The van der Waals surface area contributed by atoms with E-state index in [4.69, 9.17) is 0 Å². The van der Waals surface area contributed by atoms with Crippen LogP contribution in [0, 0.1) is 0 Å². The topological polar surface area (TPSA) is 6.48 Å². The molecule has 0 saturated carbocycles. The fraction of sp³-hybridized carbons (Fsp3) is 0.0714. The van der Waals surface area contributed by atoms with Gasteiger partial charge in [0, 0.05) is 76.2 Å². The number of benzene rings is 8. The lowest BCUT2D eigenvalue weighted by Gasteiger charge is -2.31. The number of allylic oxidation sites excluding steroid dienone is 7. The minimum absolute atomic E-state index is 0.363. The van der Waals surface area contributed by atoms with Gasteiger partial charge in [-0.05, 0) is 107 Å². The van der Waals surface area contributed by atoms with Crippen LogP contribution >= 0.6 is 23.1 Å². The molecule has 2 nitrogen and oxygen atoms in total. The van der Waals surface area contributed by atoms with Gasteiger partial charge < -0.3 is 9.80 Å². The highest BCUT2D eigenvalue weighted by Gasteiger charge is 2.32. The van der Waals surface area contributed by atoms with Gasteiger partial charge in [-0.1, -0.05) is 127 Å². The molecule has 11 rings (SSSR count). The second kappa shape index (κ2) is 15.2. The van der Waals surface area contributed by atoms with Crippen molar-refractivity contribution in [2.75, 3.05) is 9.80 Å². The van der Waals surface area contributed by atoms with Gasteiger partial charge in [0.05, 0.1) is 11.4 Å². The predicted octanol–water partition coefficient (Wildman–Crippen LogP) is 16.8. The van der Waals surface area contributed by atoms with Crippen molar-refractivity contribution in [1.29, 1.82) is 0 Å². The zero-order valence-electron chi connectivity index (χ0n) is 33.3. The normalized spacial score (nSPS) is 16.1. The largest absolute Gasteiger partial charge is 0.313 e. The number of hydrogen-bond acceptors (Lipinski definition) is 4. The van der Waals surface area contributed by atoms with Crippen molar-refractivity contribution in [2.45, 2.75) is 29.4 Å². The molecule has 0 fully saturated rings. The molecule has 288 valence electrons. The third-order valence-electron chi connectivity index (χ3n) is 12.0. The van der Waals surface area contributed by atoms with E-state index in [1.54, 1.807) is 0 Å². The van der Waals surface area contributed by atoms with Gasteiger partial charge in [0.1, 0.15) is 0 Å². The molecule has 1 aliphatic heterocycles. The van der Waals surface area contributed by atoms with Crippen LogP contribution in [0.15, 0.2) is 217 Å². The predicted molar refractivity (Wildman–Crippen MR) is 263 cm³/mol. The van der Waals surface area contributed by atoms with Crippen LogP contribution in [0.2, 0.25) is 0 Å². The van der Waals surface area contributed by atoms with Crippen LogP contribution in [0.1, 0.15) is 24.8 Å². The van der Waals surface area contributed by atoms with Gasteiger partial charge in [-0.3, -0.25) is 0 Å². The van der Waals surface area contributed by atoms with E-state index < -0.39 is 0 Å². The molecule has 0 N–H and O–H groups in total. The molecule has 1 aliphatic carbocycles. The van der Waals surface area contributed by atoms with E-state index in [1.165, 1.54) is 68.6 Å². The number of thiophene rings is 1. The summed E-state index contributed by atoms with van der Waals surface area (Å²) in [6.45, 7) is 6.31. The maximum atomic E-state index is 4.23. The van der Waals surface area contributed by atoms with Crippen molar-refractivity contribution < 1.29 is 0 Å². The molecule has 2 unspecified atom stereocenters. The van der Waals surface area contributed by atoms with Gasteiger partial charge in [-0.2, -0.15) is 0 Å². The number of nitrogens with zero attached hydrogens (tertiary/aromatic N) is 2. The van der Waals surface area contributed by atoms with Crippen molar-refractivity contribution in [3.63, 3.8) is 0 Å². The Labute approximate surface area is 359 Å². The second-order valence-corrected chi connectivity index (χ2v) is 17.8. The van der Waals surface area contributed by atoms with E-state index in [2.05, 4.69) is 217 Å². The summed E-state index contributed by atoms with van der Waals surface area (Å²) >= 11 is 3.83. The average Bonchev–Trinajstić information content (AvgIpc) is 3.87. The van der Waals surface area contributed by atoms with Gasteiger partial charge in [0.2, 0.25) is 0 Å². The maximum absolute atomic E-state index is 4.23. The molecule has 0 amide bonds. The second-order valence-electron chi connectivity index (χ2n) is 15.5. The van der Waals surface area contributed by atoms with Gasteiger partial charge in [-0.15, -0.1) is 29.7 Å². The summed E-state index contributed by atoms with van der Waals surface area (Å²) in [6, 6.07) is 56.5. The maximum Gasteiger partial charge on any atom is 0.0546 e. The van der Waals surface area contributed by atoms with E-state index in [0.717, 1.165) is 28.4 Å². The quantitative estimate of drug-likeness (QED) is 0.0815. The zero-order chi connectivity index (χ0) is 40.2. The number of hydrogen-bond donors (Lipinski definition) is 0. The van der Waals surface area contributed by atoms with Crippen LogP contribution in [-0.4, -0.2) is 5.25 Å². The zero-order valence-corrected chi connectivity index (χ0v) is 35.0. The summed E-state index contributed by atoms with van der Waals surface area (Å²) in [4.78, 5) is 6.31. The van der Waals surface area contributed by atoms with Gasteiger partial charge in [0.15, 0.2) is 0 Å². The number of fused-ring (bicyclic) bond motifs is 11. The first-order valence-corrected chi connectivity index (χ1v) is 22.4. The molecule has 2 aliphatic rings. The molecule has 60 heavy (non-hydrogen) atoms. The Hall–Kier alpha value is -6.59. The molecule has 8 aromatic carbocycles. The first-order chi connectivity index (χ1) is 29.7. The summed E-state index contributed by atoms with van der Waals surface area (Å²) in [5.41, 5.74) is 8.29. The van der Waals surface area contributed by atoms with Crippen LogP contribution < -0.4 is 9.80 Å². The van der Waals surface area contributed by atoms with Gasteiger partial charge >= 0.3 is 0 Å². The highest BCUT2D eigenvalue weighted by molar-refractivity contribution is 8.00. The van der Waals surface area contributed by atoms with E-state index >= 15 is 0 Å². The van der Waals surface area contributed by atoms with E-state index in [9.17, 15) is 0 Å². The Balaban J connectivity index is 1.18. The number of anilines is 5. The fourth-order valence-electron chi connectivity index (χ4n) is 9.36. The fourth-order valence-corrected chi connectivity index (χ4v) is 11.8. The molecule has 9 aromatic rings. The Morgan fingerprint density at radius 3 is 2.00 bits per heavy atom. The van der Waals surface area contributed by atoms with Crippen molar-refractivity contribution in [3.8, 4) is 0 Å². The van der Waals surface area contributed by atoms with E-state index in [1.807, 2.05) is 29.2 Å². The Bertz CT molecular complexity index is 3280. The lowest BCUT2D eigenvalue weighted by Crippen LogP contribution is -2.17. The Morgan fingerprint density at radius 1 is 0.583 bits per heavy atom. The number of thioether (sulfide) groups is 1. The minimum Gasteiger partial charge on any atom is -0.313 e. The third-order valence-corrected chi connectivity index (χ3v) is 14.5.